The first-order valence-electron chi connectivity index (χ1n) is 6.20. The van der Waals surface area contributed by atoms with Crippen molar-refractivity contribution in [3.05, 3.63) is 58.5 Å². The van der Waals surface area contributed by atoms with Gasteiger partial charge in [0.2, 0.25) is 0 Å². The highest BCUT2D eigenvalue weighted by molar-refractivity contribution is 5.38. The standard InChI is InChI=1S/C15H17NO2/c1-10-5-6-18-15(10)14(16-2)11-3-4-12-8-17-9-13(12)7-11/h3-7,14,16H,8-9H2,1-2H3. The maximum absolute atomic E-state index is 5.60. The third kappa shape index (κ3) is 1.85. The molecule has 0 spiro atoms. The third-order valence-electron chi connectivity index (χ3n) is 3.53. The van der Waals surface area contributed by atoms with Crippen molar-refractivity contribution >= 4 is 0 Å². The second-order valence-corrected chi connectivity index (χ2v) is 4.71. The zero-order valence-corrected chi connectivity index (χ0v) is 10.7. The van der Waals surface area contributed by atoms with Gasteiger partial charge in [0, 0.05) is 0 Å². The lowest BCUT2D eigenvalue weighted by Crippen LogP contribution is -2.18. The third-order valence-corrected chi connectivity index (χ3v) is 3.53. The molecule has 0 fully saturated rings. The Balaban J connectivity index is 2.00. The number of aryl methyl sites for hydroxylation is 1. The monoisotopic (exact) mass is 243 g/mol. The fourth-order valence-corrected chi connectivity index (χ4v) is 2.50. The molecule has 1 unspecified atom stereocenters. The zero-order valence-electron chi connectivity index (χ0n) is 10.7. The molecule has 0 saturated carbocycles. The minimum Gasteiger partial charge on any atom is -0.467 e. The Morgan fingerprint density at radius 3 is 2.72 bits per heavy atom. The summed E-state index contributed by atoms with van der Waals surface area (Å²) < 4.78 is 11.1. The van der Waals surface area contributed by atoms with Crippen molar-refractivity contribution in [1.29, 1.82) is 0 Å². The summed E-state index contributed by atoms with van der Waals surface area (Å²) in [5.41, 5.74) is 4.98. The summed E-state index contributed by atoms with van der Waals surface area (Å²) in [6.07, 6.45) is 1.74. The predicted octanol–water partition coefficient (Wildman–Crippen LogP) is 2.93. The van der Waals surface area contributed by atoms with E-state index in [9.17, 15) is 0 Å². The molecule has 1 N–H and O–H groups in total. The number of hydrogen-bond donors (Lipinski definition) is 1. The normalized spacial score (nSPS) is 15.7. The van der Waals surface area contributed by atoms with Crippen LogP contribution in [0.4, 0.5) is 0 Å². The average molecular weight is 243 g/mol. The van der Waals surface area contributed by atoms with Crippen LogP contribution in [0.1, 0.15) is 34.1 Å². The minimum atomic E-state index is 0.103. The Bertz CT molecular complexity index is 559. The zero-order chi connectivity index (χ0) is 12.5. The second kappa shape index (κ2) is 4.59. The number of rotatable bonds is 3. The van der Waals surface area contributed by atoms with Crippen LogP contribution in [0.3, 0.4) is 0 Å². The molecule has 0 radical (unpaired) electrons. The van der Waals surface area contributed by atoms with E-state index in [2.05, 4.69) is 30.4 Å². The lowest BCUT2D eigenvalue weighted by molar-refractivity contribution is 0.134. The molecule has 2 aromatic rings. The maximum Gasteiger partial charge on any atom is 0.128 e. The molecule has 0 amide bonds. The van der Waals surface area contributed by atoms with Crippen molar-refractivity contribution in [2.45, 2.75) is 26.2 Å². The molecule has 0 bridgehead atoms. The number of fused-ring (bicyclic) bond motifs is 1. The van der Waals surface area contributed by atoms with Gasteiger partial charge in [0.15, 0.2) is 0 Å². The lowest BCUT2D eigenvalue weighted by atomic mass is 9.98. The van der Waals surface area contributed by atoms with Gasteiger partial charge in [-0.15, -0.1) is 0 Å². The van der Waals surface area contributed by atoms with Crippen molar-refractivity contribution in [2.75, 3.05) is 7.05 Å². The van der Waals surface area contributed by atoms with Crippen molar-refractivity contribution in [3.8, 4) is 0 Å². The van der Waals surface area contributed by atoms with Crippen LogP contribution in [0.5, 0.6) is 0 Å². The Hall–Kier alpha value is -1.58. The molecule has 1 atom stereocenters. The molecule has 1 aromatic heterocycles. The van der Waals surface area contributed by atoms with Gasteiger partial charge in [-0.1, -0.05) is 18.2 Å². The molecular formula is C15H17NO2. The van der Waals surface area contributed by atoms with E-state index in [1.54, 1.807) is 6.26 Å². The largest absolute Gasteiger partial charge is 0.467 e. The van der Waals surface area contributed by atoms with Crippen molar-refractivity contribution in [2.24, 2.45) is 0 Å². The van der Waals surface area contributed by atoms with Crippen molar-refractivity contribution < 1.29 is 9.15 Å². The summed E-state index contributed by atoms with van der Waals surface area (Å²) in [7, 11) is 1.95. The van der Waals surface area contributed by atoms with Gasteiger partial charge in [0.25, 0.3) is 0 Å². The summed E-state index contributed by atoms with van der Waals surface area (Å²) in [4.78, 5) is 0. The van der Waals surface area contributed by atoms with Crippen LogP contribution in [0.25, 0.3) is 0 Å². The lowest BCUT2D eigenvalue weighted by Gasteiger charge is -2.16. The molecule has 0 aliphatic carbocycles. The summed E-state index contributed by atoms with van der Waals surface area (Å²) in [5.74, 6) is 0.983. The van der Waals surface area contributed by atoms with Gasteiger partial charge < -0.3 is 14.5 Å². The number of ether oxygens (including phenoxy) is 1. The second-order valence-electron chi connectivity index (χ2n) is 4.71. The number of furan rings is 1. The Labute approximate surface area is 107 Å². The Kier molecular flexibility index (Phi) is 2.94. The van der Waals surface area contributed by atoms with Crippen LogP contribution in [0.2, 0.25) is 0 Å². The number of hydrogen-bond acceptors (Lipinski definition) is 3. The maximum atomic E-state index is 5.60. The van der Waals surface area contributed by atoms with Crippen LogP contribution in [-0.2, 0) is 18.0 Å². The van der Waals surface area contributed by atoms with Crippen molar-refractivity contribution in [3.63, 3.8) is 0 Å². The van der Waals surface area contributed by atoms with E-state index >= 15 is 0 Å². The molecule has 3 nitrogen and oxygen atoms in total. The smallest absolute Gasteiger partial charge is 0.128 e. The molecule has 0 saturated heterocycles. The highest BCUT2D eigenvalue weighted by Gasteiger charge is 2.20. The van der Waals surface area contributed by atoms with Crippen LogP contribution < -0.4 is 5.32 Å². The summed E-state index contributed by atoms with van der Waals surface area (Å²) in [6, 6.07) is 8.62. The van der Waals surface area contributed by atoms with Gasteiger partial charge >= 0.3 is 0 Å². The first-order valence-corrected chi connectivity index (χ1v) is 6.20. The van der Waals surface area contributed by atoms with Gasteiger partial charge in [-0.25, -0.2) is 0 Å². The molecule has 1 aliphatic rings. The van der Waals surface area contributed by atoms with E-state index in [-0.39, 0.29) is 6.04 Å². The van der Waals surface area contributed by atoms with Gasteiger partial charge in [0.1, 0.15) is 5.76 Å². The molecule has 2 heterocycles. The SMILES string of the molecule is CNC(c1ccc2c(c1)COC2)c1occc1C. The van der Waals surface area contributed by atoms with E-state index in [0.717, 1.165) is 19.0 Å². The van der Waals surface area contributed by atoms with E-state index in [4.69, 9.17) is 9.15 Å². The molecular weight excluding hydrogens is 226 g/mol. The highest BCUT2D eigenvalue weighted by atomic mass is 16.5. The topological polar surface area (TPSA) is 34.4 Å². The Morgan fingerprint density at radius 1 is 1.17 bits per heavy atom. The molecule has 3 heteroatoms. The van der Waals surface area contributed by atoms with E-state index in [0.29, 0.717) is 0 Å². The molecule has 3 rings (SSSR count). The van der Waals surface area contributed by atoms with Gasteiger partial charge in [0.05, 0.1) is 25.5 Å². The quantitative estimate of drug-likeness (QED) is 0.900. The first-order chi connectivity index (χ1) is 8.79. The van der Waals surface area contributed by atoms with Crippen LogP contribution in [0, 0.1) is 6.92 Å². The van der Waals surface area contributed by atoms with E-state index in [1.807, 2.05) is 13.1 Å². The Morgan fingerprint density at radius 2 is 2.00 bits per heavy atom. The van der Waals surface area contributed by atoms with Crippen molar-refractivity contribution in [1.82, 2.24) is 5.32 Å². The summed E-state index contributed by atoms with van der Waals surface area (Å²) >= 11 is 0. The van der Waals surface area contributed by atoms with E-state index < -0.39 is 0 Å². The molecule has 18 heavy (non-hydrogen) atoms. The fourth-order valence-electron chi connectivity index (χ4n) is 2.50. The van der Waals surface area contributed by atoms with Crippen LogP contribution >= 0.6 is 0 Å². The molecule has 94 valence electrons. The summed E-state index contributed by atoms with van der Waals surface area (Å²) in [5, 5.41) is 3.32. The fraction of sp³-hybridized carbons (Fsp3) is 0.333. The number of benzene rings is 1. The summed E-state index contributed by atoms with van der Waals surface area (Å²) in [6.45, 7) is 3.52. The first kappa shape index (κ1) is 11.5. The number of nitrogens with one attached hydrogen (secondary N) is 1. The van der Waals surface area contributed by atoms with Gasteiger partial charge in [-0.3, -0.25) is 0 Å². The molecule has 1 aliphatic heterocycles. The highest BCUT2D eigenvalue weighted by Crippen LogP contribution is 2.29. The average Bonchev–Trinajstić information content (AvgIpc) is 2.99. The van der Waals surface area contributed by atoms with Crippen LogP contribution in [0.15, 0.2) is 34.9 Å². The van der Waals surface area contributed by atoms with Crippen LogP contribution in [-0.4, -0.2) is 7.05 Å². The predicted molar refractivity (Wildman–Crippen MR) is 69.3 cm³/mol. The molecule has 1 aromatic carbocycles. The van der Waals surface area contributed by atoms with E-state index in [1.165, 1.54) is 22.3 Å². The van der Waals surface area contributed by atoms with Gasteiger partial charge in [-0.05, 0) is 42.3 Å². The van der Waals surface area contributed by atoms with Gasteiger partial charge in [-0.2, -0.15) is 0 Å². The minimum absolute atomic E-state index is 0.103.